The fourth-order valence-electron chi connectivity index (χ4n) is 1.98. The Labute approximate surface area is 103 Å². The molecule has 3 nitrogen and oxygen atoms in total. The molecule has 6 heteroatoms. The van der Waals surface area contributed by atoms with Gasteiger partial charge in [-0.15, -0.1) is 0 Å². The van der Waals surface area contributed by atoms with Crippen LogP contribution in [0, 0.1) is 0 Å². The second kappa shape index (κ2) is 5.16. The second-order valence-electron chi connectivity index (χ2n) is 4.37. The number of halogens is 3. The molecule has 0 amide bonds. The average molecular weight is 260 g/mol. The van der Waals surface area contributed by atoms with Crippen molar-refractivity contribution >= 4 is 0 Å². The number of rotatable bonds is 2. The summed E-state index contributed by atoms with van der Waals surface area (Å²) in [6.07, 6.45) is -4.41. The molecule has 1 heterocycles. The lowest BCUT2D eigenvalue weighted by Crippen LogP contribution is -2.42. The van der Waals surface area contributed by atoms with E-state index in [2.05, 4.69) is 10.2 Å². The Morgan fingerprint density at radius 2 is 1.89 bits per heavy atom. The van der Waals surface area contributed by atoms with Crippen LogP contribution in [-0.4, -0.2) is 36.2 Å². The largest absolute Gasteiger partial charge is 0.508 e. The van der Waals surface area contributed by atoms with E-state index in [1.165, 1.54) is 6.07 Å². The molecule has 2 rings (SSSR count). The van der Waals surface area contributed by atoms with Gasteiger partial charge < -0.3 is 10.4 Å². The van der Waals surface area contributed by atoms with E-state index in [0.29, 0.717) is 12.1 Å². The molecule has 0 radical (unpaired) electrons. The smallest absolute Gasteiger partial charge is 0.416 e. The monoisotopic (exact) mass is 260 g/mol. The quantitative estimate of drug-likeness (QED) is 0.851. The molecule has 0 bridgehead atoms. The van der Waals surface area contributed by atoms with E-state index in [1.54, 1.807) is 0 Å². The molecular formula is C12H15F3N2O. The molecular weight excluding hydrogens is 245 g/mol. The summed E-state index contributed by atoms with van der Waals surface area (Å²) < 4.78 is 37.3. The van der Waals surface area contributed by atoms with Crippen molar-refractivity contribution in [2.45, 2.75) is 12.7 Å². The highest BCUT2D eigenvalue weighted by molar-refractivity contribution is 5.37. The molecule has 0 aromatic heterocycles. The first-order valence-corrected chi connectivity index (χ1v) is 5.79. The van der Waals surface area contributed by atoms with Gasteiger partial charge in [0.15, 0.2) is 0 Å². The van der Waals surface area contributed by atoms with Gasteiger partial charge in [0.25, 0.3) is 0 Å². The molecule has 1 fully saturated rings. The third-order valence-electron chi connectivity index (χ3n) is 3.02. The van der Waals surface area contributed by atoms with E-state index in [0.717, 1.165) is 38.3 Å². The van der Waals surface area contributed by atoms with Crippen LogP contribution < -0.4 is 5.32 Å². The van der Waals surface area contributed by atoms with Crippen LogP contribution in [0.2, 0.25) is 0 Å². The number of hydrogen-bond donors (Lipinski definition) is 2. The molecule has 1 aromatic carbocycles. The van der Waals surface area contributed by atoms with Gasteiger partial charge in [-0.05, 0) is 12.1 Å². The number of phenolic OH excluding ortho intramolecular Hbond substituents is 1. The van der Waals surface area contributed by atoms with Gasteiger partial charge in [-0.25, -0.2) is 0 Å². The maximum absolute atomic E-state index is 12.4. The summed E-state index contributed by atoms with van der Waals surface area (Å²) in [4.78, 5) is 2.10. The van der Waals surface area contributed by atoms with Crippen molar-refractivity contribution in [3.63, 3.8) is 0 Å². The zero-order valence-corrected chi connectivity index (χ0v) is 9.80. The van der Waals surface area contributed by atoms with Crippen LogP contribution in [0.4, 0.5) is 13.2 Å². The Balaban J connectivity index is 2.09. The summed E-state index contributed by atoms with van der Waals surface area (Å²) in [5, 5.41) is 12.8. The first kappa shape index (κ1) is 13.2. The number of nitrogens with zero attached hydrogens (tertiary/aromatic N) is 1. The van der Waals surface area contributed by atoms with Crippen LogP contribution in [-0.2, 0) is 12.7 Å². The van der Waals surface area contributed by atoms with Gasteiger partial charge >= 0.3 is 6.18 Å². The highest BCUT2D eigenvalue weighted by atomic mass is 19.4. The van der Waals surface area contributed by atoms with Gasteiger partial charge in [0, 0.05) is 38.3 Å². The van der Waals surface area contributed by atoms with E-state index >= 15 is 0 Å². The van der Waals surface area contributed by atoms with Gasteiger partial charge in [0.1, 0.15) is 5.75 Å². The molecule has 18 heavy (non-hydrogen) atoms. The second-order valence-corrected chi connectivity index (χ2v) is 4.37. The number of benzene rings is 1. The zero-order valence-electron chi connectivity index (χ0n) is 9.80. The Morgan fingerprint density at radius 1 is 1.22 bits per heavy atom. The normalized spacial score (nSPS) is 17.9. The first-order valence-electron chi connectivity index (χ1n) is 5.79. The molecule has 100 valence electrons. The third kappa shape index (κ3) is 3.14. The highest BCUT2D eigenvalue weighted by Gasteiger charge is 2.31. The highest BCUT2D eigenvalue weighted by Crippen LogP contribution is 2.32. The van der Waals surface area contributed by atoms with Crippen molar-refractivity contribution in [2.75, 3.05) is 26.2 Å². The molecule has 0 aliphatic carbocycles. The van der Waals surface area contributed by atoms with Crippen LogP contribution >= 0.6 is 0 Å². The van der Waals surface area contributed by atoms with Crippen LogP contribution in [0.15, 0.2) is 18.2 Å². The number of aromatic hydroxyl groups is 1. The standard InChI is InChI=1S/C12H15F3N2O/c13-12(14,15)10-2-1-9(11(18)7-10)8-17-5-3-16-4-6-17/h1-2,7,16,18H,3-6,8H2. The topological polar surface area (TPSA) is 35.5 Å². The molecule has 1 saturated heterocycles. The van der Waals surface area contributed by atoms with E-state index in [9.17, 15) is 18.3 Å². The van der Waals surface area contributed by atoms with Crippen LogP contribution in [0.25, 0.3) is 0 Å². The minimum Gasteiger partial charge on any atom is -0.508 e. The summed E-state index contributed by atoms with van der Waals surface area (Å²) in [5.74, 6) is -0.289. The fourth-order valence-corrected chi connectivity index (χ4v) is 1.98. The Kier molecular flexibility index (Phi) is 3.77. The molecule has 0 atom stereocenters. The number of phenols is 1. The van der Waals surface area contributed by atoms with Gasteiger partial charge in [-0.1, -0.05) is 6.07 Å². The molecule has 1 aliphatic rings. The minimum absolute atomic E-state index is 0.289. The summed E-state index contributed by atoms with van der Waals surface area (Å²) in [5.41, 5.74) is -0.283. The Hall–Kier alpha value is -1.27. The van der Waals surface area contributed by atoms with Crippen molar-refractivity contribution in [1.29, 1.82) is 0 Å². The van der Waals surface area contributed by atoms with E-state index in [-0.39, 0.29) is 5.75 Å². The van der Waals surface area contributed by atoms with Crippen LogP contribution in [0.3, 0.4) is 0 Å². The van der Waals surface area contributed by atoms with E-state index < -0.39 is 11.7 Å². The maximum atomic E-state index is 12.4. The number of hydrogen-bond acceptors (Lipinski definition) is 3. The van der Waals surface area contributed by atoms with E-state index in [1.807, 2.05) is 0 Å². The summed E-state index contributed by atoms with van der Waals surface area (Å²) in [6, 6.07) is 3.15. The SMILES string of the molecule is Oc1cc(C(F)(F)F)ccc1CN1CCNCC1. The lowest BCUT2D eigenvalue weighted by atomic mass is 10.1. The van der Waals surface area contributed by atoms with Gasteiger partial charge in [-0.3, -0.25) is 4.90 Å². The summed E-state index contributed by atoms with van der Waals surface area (Å²) in [6.45, 7) is 3.87. The maximum Gasteiger partial charge on any atom is 0.416 e. The Bertz CT molecular complexity index is 414. The van der Waals surface area contributed by atoms with Gasteiger partial charge in [0.2, 0.25) is 0 Å². The molecule has 2 N–H and O–H groups in total. The summed E-state index contributed by atoms with van der Waals surface area (Å²) >= 11 is 0. The average Bonchev–Trinajstić information content (AvgIpc) is 2.32. The predicted octanol–water partition coefficient (Wildman–Crippen LogP) is 1.82. The minimum atomic E-state index is -4.41. The number of alkyl halides is 3. The molecule has 1 aliphatic heterocycles. The van der Waals surface area contributed by atoms with Gasteiger partial charge in [0.05, 0.1) is 5.56 Å². The van der Waals surface area contributed by atoms with Crippen molar-refractivity contribution in [2.24, 2.45) is 0 Å². The molecule has 0 saturated carbocycles. The Morgan fingerprint density at radius 3 is 2.44 bits per heavy atom. The zero-order chi connectivity index (χ0) is 13.2. The number of piperazine rings is 1. The lowest BCUT2D eigenvalue weighted by molar-refractivity contribution is -0.137. The van der Waals surface area contributed by atoms with Gasteiger partial charge in [-0.2, -0.15) is 13.2 Å². The predicted molar refractivity (Wildman–Crippen MR) is 61.3 cm³/mol. The van der Waals surface area contributed by atoms with Crippen molar-refractivity contribution in [1.82, 2.24) is 10.2 Å². The van der Waals surface area contributed by atoms with Crippen LogP contribution in [0.1, 0.15) is 11.1 Å². The van der Waals surface area contributed by atoms with E-state index in [4.69, 9.17) is 0 Å². The summed E-state index contributed by atoms with van der Waals surface area (Å²) in [7, 11) is 0. The van der Waals surface area contributed by atoms with Crippen LogP contribution in [0.5, 0.6) is 5.75 Å². The molecule has 0 spiro atoms. The van der Waals surface area contributed by atoms with Crippen molar-refractivity contribution < 1.29 is 18.3 Å². The third-order valence-corrected chi connectivity index (χ3v) is 3.02. The first-order chi connectivity index (χ1) is 8.47. The molecule has 0 unspecified atom stereocenters. The van der Waals surface area contributed by atoms with Crippen molar-refractivity contribution in [3.05, 3.63) is 29.3 Å². The lowest BCUT2D eigenvalue weighted by Gasteiger charge is -2.27. The number of nitrogens with one attached hydrogen (secondary N) is 1. The van der Waals surface area contributed by atoms with Crippen molar-refractivity contribution in [3.8, 4) is 5.75 Å². The molecule has 1 aromatic rings. The fraction of sp³-hybridized carbons (Fsp3) is 0.500.